The minimum absolute atomic E-state index is 0.0903. The average Bonchev–Trinajstić information content (AvgIpc) is 2.59. The summed E-state index contributed by atoms with van der Waals surface area (Å²) in [5.74, 6) is -0.990. The monoisotopic (exact) mass is 343 g/mol. The number of amides is 1. The normalized spacial score (nSPS) is 17.5. The number of halogens is 1. The maximum Gasteiger partial charge on any atom is 0.336 e. The van der Waals surface area contributed by atoms with Crippen molar-refractivity contribution in [1.29, 1.82) is 0 Å². The Labute approximate surface area is 146 Å². The van der Waals surface area contributed by atoms with Crippen LogP contribution < -0.4 is 5.32 Å². The zero-order chi connectivity index (χ0) is 17.5. The van der Waals surface area contributed by atoms with Crippen LogP contribution in [-0.2, 0) is 14.3 Å². The molecule has 1 unspecified atom stereocenters. The number of benzene rings is 1. The minimum Gasteiger partial charge on any atom is -0.457 e. The number of hydrogen-bond donors (Lipinski definition) is 1. The largest absolute Gasteiger partial charge is 0.457 e. The minimum atomic E-state index is -0.480. The van der Waals surface area contributed by atoms with E-state index in [1.165, 1.54) is 6.20 Å². The molecule has 0 aromatic heterocycles. The van der Waals surface area contributed by atoms with E-state index in [-0.39, 0.29) is 24.9 Å². The second-order valence-electron chi connectivity index (χ2n) is 5.23. The fourth-order valence-corrected chi connectivity index (χ4v) is 2.49. The molecule has 1 aromatic carbocycles. The molecule has 1 atom stereocenters. The van der Waals surface area contributed by atoms with Gasteiger partial charge < -0.3 is 10.1 Å². The first-order valence-electron chi connectivity index (χ1n) is 7.41. The maximum absolute atomic E-state index is 12.4. The molecule has 1 aliphatic heterocycles. The summed E-state index contributed by atoms with van der Waals surface area (Å²) in [5, 5.41) is 3.17. The van der Waals surface area contributed by atoms with Gasteiger partial charge in [0.25, 0.3) is 0 Å². The molecule has 0 aliphatic carbocycles. The molecule has 0 saturated carbocycles. The lowest BCUT2D eigenvalue weighted by Crippen LogP contribution is -2.30. The van der Waals surface area contributed by atoms with Crippen LogP contribution in [-0.4, -0.2) is 18.5 Å². The quantitative estimate of drug-likeness (QED) is 0.633. The van der Waals surface area contributed by atoms with Crippen molar-refractivity contribution in [3.63, 3.8) is 0 Å². The van der Waals surface area contributed by atoms with E-state index in [4.69, 9.17) is 16.3 Å². The number of nitrogens with one attached hydrogen (secondary N) is 1. The average molecular weight is 344 g/mol. The van der Waals surface area contributed by atoms with E-state index >= 15 is 0 Å². The predicted octanol–water partition coefficient (Wildman–Crippen LogP) is 3.67. The van der Waals surface area contributed by atoms with Crippen LogP contribution in [0.1, 0.15) is 17.9 Å². The van der Waals surface area contributed by atoms with Crippen LogP contribution >= 0.6 is 11.6 Å². The van der Waals surface area contributed by atoms with Gasteiger partial charge in [0.2, 0.25) is 5.91 Å². The molecule has 124 valence electrons. The SMILES string of the molecule is C=C/C=C(\C=C)COC(=O)C1=CNC(=O)CC1c1ccc(Cl)cc1. The van der Waals surface area contributed by atoms with Gasteiger partial charge in [-0.15, -0.1) is 0 Å². The summed E-state index contributed by atoms with van der Waals surface area (Å²) in [6.07, 6.45) is 6.51. The van der Waals surface area contributed by atoms with Crippen LogP contribution in [0.5, 0.6) is 0 Å². The van der Waals surface area contributed by atoms with Gasteiger partial charge in [0, 0.05) is 23.6 Å². The van der Waals surface area contributed by atoms with E-state index in [1.54, 1.807) is 42.5 Å². The van der Waals surface area contributed by atoms with Gasteiger partial charge in [-0.2, -0.15) is 0 Å². The second-order valence-corrected chi connectivity index (χ2v) is 5.67. The Kier molecular flexibility index (Phi) is 6.15. The molecule has 1 aromatic rings. The standard InChI is InChI=1S/C19H18ClNO3/c1-3-5-13(4-2)12-24-19(23)17-11-21-18(22)10-16(17)14-6-8-15(20)9-7-14/h3-9,11,16H,1-2,10,12H2,(H,21,22)/b13-5+. The van der Waals surface area contributed by atoms with Gasteiger partial charge in [-0.1, -0.05) is 55.1 Å². The van der Waals surface area contributed by atoms with Gasteiger partial charge >= 0.3 is 5.97 Å². The van der Waals surface area contributed by atoms with Crippen LogP contribution in [0, 0.1) is 0 Å². The van der Waals surface area contributed by atoms with Crippen LogP contribution in [0.15, 0.2) is 73.0 Å². The fourth-order valence-electron chi connectivity index (χ4n) is 2.37. The van der Waals surface area contributed by atoms with Crippen molar-refractivity contribution in [2.45, 2.75) is 12.3 Å². The summed E-state index contributed by atoms with van der Waals surface area (Å²) < 4.78 is 5.33. The Balaban J connectivity index is 2.18. The van der Waals surface area contributed by atoms with E-state index in [1.807, 2.05) is 0 Å². The van der Waals surface area contributed by atoms with E-state index in [0.717, 1.165) is 11.1 Å². The second kappa shape index (κ2) is 8.31. The number of esters is 1. The molecule has 2 rings (SSSR count). The Morgan fingerprint density at radius 1 is 1.33 bits per heavy atom. The topological polar surface area (TPSA) is 55.4 Å². The highest BCUT2D eigenvalue weighted by Crippen LogP contribution is 2.31. The van der Waals surface area contributed by atoms with Crippen LogP contribution in [0.4, 0.5) is 0 Å². The summed E-state index contributed by atoms with van der Waals surface area (Å²) in [6, 6.07) is 7.07. The first-order valence-corrected chi connectivity index (χ1v) is 7.79. The lowest BCUT2D eigenvalue weighted by atomic mass is 9.86. The zero-order valence-electron chi connectivity index (χ0n) is 13.1. The molecule has 0 saturated heterocycles. The molecule has 1 aliphatic rings. The van der Waals surface area contributed by atoms with Gasteiger partial charge in [0.05, 0.1) is 5.57 Å². The summed E-state index contributed by atoms with van der Waals surface area (Å²) >= 11 is 5.90. The van der Waals surface area contributed by atoms with E-state index < -0.39 is 5.97 Å². The summed E-state index contributed by atoms with van der Waals surface area (Å²) in [6.45, 7) is 7.35. The number of carbonyl (C=O) groups is 2. The molecule has 1 heterocycles. The van der Waals surface area contributed by atoms with Crippen molar-refractivity contribution >= 4 is 23.5 Å². The molecule has 1 N–H and O–H groups in total. The van der Waals surface area contributed by atoms with Crippen molar-refractivity contribution in [3.8, 4) is 0 Å². The number of allylic oxidation sites excluding steroid dienone is 2. The summed E-state index contributed by atoms with van der Waals surface area (Å²) in [4.78, 5) is 24.1. The molecule has 0 fully saturated rings. The lowest BCUT2D eigenvalue weighted by Gasteiger charge is -2.23. The van der Waals surface area contributed by atoms with Crippen LogP contribution in [0.2, 0.25) is 5.02 Å². The molecule has 0 bridgehead atoms. The predicted molar refractivity (Wildman–Crippen MR) is 94.5 cm³/mol. The third kappa shape index (κ3) is 4.46. The zero-order valence-corrected chi connectivity index (χ0v) is 13.9. The van der Waals surface area contributed by atoms with Crippen molar-refractivity contribution in [3.05, 3.63) is 83.6 Å². The van der Waals surface area contributed by atoms with Gasteiger partial charge in [-0.25, -0.2) is 4.79 Å². The van der Waals surface area contributed by atoms with Crippen molar-refractivity contribution < 1.29 is 14.3 Å². The third-order valence-electron chi connectivity index (χ3n) is 3.63. The van der Waals surface area contributed by atoms with Crippen molar-refractivity contribution in [1.82, 2.24) is 5.32 Å². The maximum atomic E-state index is 12.4. The molecular formula is C19H18ClNO3. The number of hydrogen-bond acceptors (Lipinski definition) is 3. The summed E-state index contributed by atoms with van der Waals surface area (Å²) in [5.41, 5.74) is 1.98. The van der Waals surface area contributed by atoms with E-state index in [0.29, 0.717) is 10.6 Å². The molecule has 5 heteroatoms. The van der Waals surface area contributed by atoms with Gasteiger partial charge in [0.1, 0.15) is 6.61 Å². The Hall–Kier alpha value is -2.59. The molecule has 1 amide bonds. The van der Waals surface area contributed by atoms with Gasteiger partial charge in [-0.3, -0.25) is 4.79 Å². The third-order valence-corrected chi connectivity index (χ3v) is 3.88. The molecular weight excluding hydrogens is 326 g/mol. The fraction of sp³-hybridized carbons (Fsp3) is 0.158. The Morgan fingerprint density at radius 2 is 2.04 bits per heavy atom. The Bertz CT molecular complexity index is 717. The first kappa shape index (κ1) is 17.8. The summed E-state index contributed by atoms with van der Waals surface area (Å²) in [7, 11) is 0. The van der Waals surface area contributed by atoms with Crippen molar-refractivity contribution in [2.24, 2.45) is 0 Å². The number of carbonyl (C=O) groups excluding carboxylic acids is 2. The highest BCUT2D eigenvalue weighted by Gasteiger charge is 2.29. The highest BCUT2D eigenvalue weighted by molar-refractivity contribution is 6.30. The number of ether oxygens (including phenoxy) is 1. The van der Waals surface area contributed by atoms with E-state index in [2.05, 4.69) is 18.5 Å². The van der Waals surface area contributed by atoms with Crippen molar-refractivity contribution in [2.75, 3.05) is 6.61 Å². The lowest BCUT2D eigenvalue weighted by molar-refractivity contribution is -0.138. The highest BCUT2D eigenvalue weighted by atomic mass is 35.5. The Morgan fingerprint density at radius 3 is 2.67 bits per heavy atom. The number of rotatable bonds is 6. The van der Waals surface area contributed by atoms with E-state index in [9.17, 15) is 9.59 Å². The molecule has 0 spiro atoms. The first-order chi connectivity index (χ1) is 11.5. The van der Waals surface area contributed by atoms with Gasteiger partial charge in [-0.05, 0) is 23.3 Å². The van der Waals surface area contributed by atoms with Crippen LogP contribution in [0.3, 0.4) is 0 Å². The van der Waals surface area contributed by atoms with Crippen LogP contribution in [0.25, 0.3) is 0 Å². The molecule has 4 nitrogen and oxygen atoms in total. The smallest absolute Gasteiger partial charge is 0.336 e. The molecule has 0 radical (unpaired) electrons. The van der Waals surface area contributed by atoms with Gasteiger partial charge in [0.15, 0.2) is 0 Å². The molecule has 24 heavy (non-hydrogen) atoms.